The van der Waals surface area contributed by atoms with Crippen LogP contribution in [0.3, 0.4) is 0 Å². The van der Waals surface area contributed by atoms with Gasteiger partial charge in [-0.25, -0.2) is 0 Å². The molecule has 3 aromatic rings. The van der Waals surface area contributed by atoms with Crippen LogP contribution in [0.1, 0.15) is 35.9 Å². The normalized spacial score (nSPS) is 11.3. The molecule has 0 aliphatic rings. The van der Waals surface area contributed by atoms with Crippen molar-refractivity contribution in [1.82, 2.24) is 10.2 Å². The number of rotatable bonds is 4. The van der Waals surface area contributed by atoms with Gasteiger partial charge < -0.3 is 9.73 Å². The fraction of sp³-hybridized carbons (Fsp3) is 0.312. The first-order valence-corrected chi connectivity index (χ1v) is 7.94. The third-order valence-electron chi connectivity index (χ3n) is 3.34. The molecule has 0 aliphatic heterocycles. The first-order chi connectivity index (χ1) is 10.5. The van der Waals surface area contributed by atoms with Crippen molar-refractivity contribution in [2.45, 2.75) is 33.1 Å². The third kappa shape index (κ3) is 3.01. The van der Waals surface area contributed by atoms with E-state index in [2.05, 4.69) is 15.5 Å². The van der Waals surface area contributed by atoms with E-state index in [1.54, 1.807) is 6.26 Å². The molecule has 0 aliphatic carbocycles. The Kier molecular flexibility index (Phi) is 3.94. The maximum Gasteiger partial charge on any atom is 0.230 e. The lowest BCUT2D eigenvalue weighted by Crippen LogP contribution is -2.13. The van der Waals surface area contributed by atoms with Crippen molar-refractivity contribution in [3.8, 4) is 0 Å². The lowest BCUT2D eigenvalue weighted by molar-refractivity contribution is -0.115. The molecule has 1 aromatic carbocycles. The fourth-order valence-corrected chi connectivity index (χ4v) is 2.94. The Morgan fingerprint density at radius 3 is 2.91 bits per heavy atom. The van der Waals surface area contributed by atoms with E-state index in [1.807, 2.05) is 39.0 Å². The molecule has 3 rings (SSSR count). The number of carbonyl (C=O) groups is 1. The van der Waals surface area contributed by atoms with E-state index in [1.165, 1.54) is 11.3 Å². The number of nitrogens with one attached hydrogen (secondary N) is 1. The molecule has 2 heterocycles. The number of carbonyl (C=O) groups excluding carboxylic acids is 1. The summed E-state index contributed by atoms with van der Waals surface area (Å²) in [6, 6.07) is 5.97. The molecule has 5 nitrogen and oxygen atoms in total. The van der Waals surface area contributed by atoms with Gasteiger partial charge in [-0.15, -0.1) is 10.2 Å². The minimum atomic E-state index is -0.116. The zero-order valence-corrected chi connectivity index (χ0v) is 13.5. The molecule has 0 bridgehead atoms. The number of hydrogen-bond acceptors (Lipinski definition) is 5. The molecule has 0 atom stereocenters. The lowest BCUT2D eigenvalue weighted by atomic mass is 10.1. The van der Waals surface area contributed by atoms with E-state index in [0.29, 0.717) is 11.0 Å². The SMILES string of the molecule is Cc1ccc2c(CC(=O)Nc3nnc(C(C)C)s3)coc2c1. The van der Waals surface area contributed by atoms with Crippen molar-refractivity contribution in [2.24, 2.45) is 0 Å². The number of furan rings is 1. The Morgan fingerprint density at radius 2 is 2.18 bits per heavy atom. The highest BCUT2D eigenvalue weighted by molar-refractivity contribution is 7.15. The standard InChI is InChI=1S/C16H17N3O2S/c1-9(2)15-18-19-16(22-15)17-14(20)7-11-8-21-13-6-10(3)4-5-12(11)13/h4-6,8-9H,7H2,1-3H3,(H,17,19,20). The molecule has 0 saturated heterocycles. The zero-order valence-electron chi connectivity index (χ0n) is 12.7. The number of nitrogens with zero attached hydrogens (tertiary/aromatic N) is 2. The largest absolute Gasteiger partial charge is 0.464 e. The van der Waals surface area contributed by atoms with E-state index in [9.17, 15) is 4.79 Å². The van der Waals surface area contributed by atoms with Crippen LogP contribution in [0.15, 0.2) is 28.9 Å². The molecule has 1 amide bonds. The number of hydrogen-bond donors (Lipinski definition) is 1. The summed E-state index contributed by atoms with van der Waals surface area (Å²) in [7, 11) is 0. The van der Waals surface area contributed by atoms with Gasteiger partial charge in [0, 0.05) is 16.9 Å². The van der Waals surface area contributed by atoms with Crippen LogP contribution in [-0.2, 0) is 11.2 Å². The van der Waals surface area contributed by atoms with E-state index in [-0.39, 0.29) is 12.3 Å². The fourth-order valence-electron chi connectivity index (χ4n) is 2.18. The first kappa shape index (κ1) is 14.7. The van der Waals surface area contributed by atoms with E-state index < -0.39 is 0 Å². The second-order valence-electron chi connectivity index (χ2n) is 5.59. The van der Waals surface area contributed by atoms with Crippen molar-refractivity contribution in [1.29, 1.82) is 0 Å². The molecule has 0 radical (unpaired) electrons. The number of anilines is 1. The van der Waals surface area contributed by atoms with Crippen LogP contribution in [-0.4, -0.2) is 16.1 Å². The van der Waals surface area contributed by atoms with Crippen molar-refractivity contribution < 1.29 is 9.21 Å². The molecule has 0 spiro atoms. The van der Waals surface area contributed by atoms with Crippen LogP contribution in [0, 0.1) is 6.92 Å². The highest BCUT2D eigenvalue weighted by Crippen LogP contribution is 2.24. The average Bonchev–Trinajstić information content (AvgIpc) is 3.06. The Labute approximate surface area is 132 Å². The van der Waals surface area contributed by atoms with Gasteiger partial charge in [0.25, 0.3) is 0 Å². The monoisotopic (exact) mass is 315 g/mol. The summed E-state index contributed by atoms with van der Waals surface area (Å²) in [5.74, 6) is 0.193. The van der Waals surface area contributed by atoms with Crippen LogP contribution < -0.4 is 5.32 Å². The van der Waals surface area contributed by atoms with Gasteiger partial charge in [-0.3, -0.25) is 4.79 Å². The van der Waals surface area contributed by atoms with Gasteiger partial charge in [-0.2, -0.15) is 0 Å². The molecule has 1 N–H and O–H groups in total. The molecule has 6 heteroatoms. The van der Waals surface area contributed by atoms with Crippen molar-refractivity contribution >= 4 is 33.3 Å². The first-order valence-electron chi connectivity index (χ1n) is 7.13. The molecule has 2 aromatic heterocycles. The topological polar surface area (TPSA) is 68.0 Å². The van der Waals surface area contributed by atoms with Gasteiger partial charge >= 0.3 is 0 Å². The molecule has 0 saturated carbocycles. The Hall–Kier alpha value is -2.21. The van der Waals surface area contributed by atoms with Gasteiger partial charge in [-0.1, -0.05) is 37.3 Å². The lowest BCUT2D eigenvalue weighted by Gasteiger charge is -2.00. The highest BCUT2D eigenvalue weighted by Gasteiger charge is 2.13. The predicted molar refractivity (Wildman–Crippen MR) is 87.3 cm³/mol. The Balaban J connectivity index is 1.72. The summed E-state index contributed by atoms with van der Waals surface area (Å²) >= 11 is 1.41. The summed E-state index contributed by atoms with van der Waals surface area (Å²) in [5, 5.41) is 13.3. The van der Waals surface area contributed by atoms with Gasteiger partial charge in [0.15, 0.2) is 0 Å². The summed E-state index contributed by atoms with van der Waals surface area (Å²) in [6.07, 6.45) is 1.90. The quantitative estimate of drug-likeness (QED) is 0.793. The summed E-state index contributed by atoms with van der Waals surface area (Å²) in [4.78, 5) is 12.2. The van der Waals surface area contributed by atoms with Crippen LogP contribution in [0.5, 0.6) is 0 Å². The molecular formula is C16H17N3O2S. The molecule has 0 fully saturated rings. The summed E-state index contributed by atoms with van der Waals surface area (Å²) in [6.45, 7) is 6.10. The summed E-state index contributed by atoms with van der Waals surface area (Å²) in [5.41, 5.74) is 2.81. The second-order valence-corrected chi connectivity index (χ2v) is 6.59. The molecule has 114 valence electrons. The highest BCUT2D eigenvalue weighted by atomic mass is 32.1. The Bertz CT molecular complexity index is 820. The number of aryl methyl sites for hydroxylation is 1. The van der Waals surface area contributed by atoms with Crippen molar-refractivity contribution in [3.05, 3.63) is 40.6 Å². The summed E-state index contributed by atoms with van der Waals surface area (Å²) < 4.78 is 5.51. The minimum absolute atomic E-state index is 0.116. The number of benzene rings is 1. The van der Waals surface area contributed by atoms with Crippen LogP contribution in [0.2, 0.25) is 0 Å². The molecule has 0 unspecified atom stereocenters. The Morgan fingerprint density at radius 1 is 1.36 bits per heavy atom. The number of aromatic nitrogens is 2. The number of amides is 1. The van der Waals surface area contributed by atoms with E-state index in [0.717, 1.165) is 27.1 Å². The number of fused-ring (bicyclic) bond motifs is 1. The maximum atomic E-state index is 12.2. The van der Waals surface area contributed by atoms with Crippen LogP contribution >= 0.6 is 11.3 Å². The van der Waals surface area contributed by atoms with Crippen molar-refractivity contribution in [3.63, 3.8) is 0 Å². The van der Waals surface area contributed by atoms with Crippen LogP contribution in [0.25, 0.3) is 11.0 Å². The average molecular weight is 315 g/mol. The van der Waals surface area contributed by atoms with Gasteiger partial charge in [0.2, 0.25) is 11.0 Å². The minimum Gasteiger partial charge on any atom is -0.464 e. The van der Waals surface area contributed by atoms with Gasteiger partial charge in [0.05, 0.1) is 12.7 Å². The molecular weight excluding hydrogens is 298 g/mol. The smallest absolute Gasteiger partial charge is 0.230 e. The second kappa shape index (κ2) is 5.88. The van der Waals surface area contributed by atoms with E-state index in [4.69, 9.17) is 4.42 Å². The predicted octanol–water partition coefficient (Wildman–Crippen LogP) is 3.90. The zero-order chi connectivity index (χ0) is 15.7. The third-order valence-corrected chi connectivity index (χ3v) is 4.48. The van der Waals surface area contributed by atoms with Crippen LogP contribution in [0.4, 0.5) is 5.13 Å². The van der Waals surface area contributed by atoms with Crippen molar-refractivity contribution in [2.75, 3.05) is 5.32 Å². The maximum absolute atomic E-state index is 12.2. The van der Waals surface area contributed by atoms with Gasteiger partial charge in [-0.05, 0) is 18.6 Å². The van der Waals surface area contributed by atoms with E-state index >= 15 is 0 Å². The van der Waals surface area contributed by atoms with Gasteiger partial charge in [0.1, 0.15) is 10.6 Å². The molecule has 22 heavy (non-hydrogen) atoms.